The average molecular weight is 519 g/mol. The van der Waals surface area contributed by atoms with Crippen molar-refractivity contribution in [3.05, 3.63) is 80.7 Å². The van der Waals surface area contributed by atoms with Crippen LogP contribution in [0.25, 0.3) is 11.0 Å². The molecule has 1 N–H and O–H groups in total. The highest BCUT2D eigenvalue weighted by Gasteiger charge is 2.17. The van der Waals surface area contributed by atoms with Gasteiger partial charge in [0.1, 0.15) is 17.1 Å². The van der Waals surface area contributed by atoms with Gasteiger partial charge in [-0.25, -0.2) is 4.79 Å². The maximum Gasteiger partial charge on any atom is 0.339 e. The van der Waals surface area contributed by atoms with Gasteiger partial charge in [-0.1, -0.05) is 11.6 Å². The van der Waals surface area contributed by atoms with Gasteiger partial charge in [-0.3, -0.25) is 4.79 Å². The van der Waals surface area contributed by atoms with Crippen molar-refractivity contribution in [1.29, 1.82) is 0 Å². The van der Waals surface area contributed by atoms with Crippen molar-refractivity contribution < 1.29 is 19.1 Å². The second-order valence-corrected chi connectivity index (χ2v) is 10.4. The molecule has 202 valence electrons. The third-order valence-electron chi connectivity index (χ3n) is 7.13. The van der Waals surface area contributed by atoms with Gasteiger partial charge in [0.2, 0.25) is 0 Å². The molecular weight excluding hydrogens is 480 g/mol. The second kappa shape index (κ2) is 12.4. The highest BCUT2D eigenvalue weighted by atomic mass is 16.5. The molecule has 4 rings (SSSR count). The van der Waals surface area contributed by atoms with E-state index in [-0.39, 0.29) is 18.0 Å². The average Bonchev–Trinajstić information content (AvgIpc) is 2.89. The summed E-state index contributed by atoms with van der Waals surface area (Å²) in [5.41, 5.74) is 3.30. The smallest absolute Gasteiger partial charge is 0.339 e. The van der Waals surface area contributed by atoms with Crippen LogP contribution >= 0.6 is 0 Å². The first-order chi connectivity index (χ1) is 18.2. The van der Waals surface area contributed by atoms with Gasteiger partial charge < -0.3 is 24.1 Å². The van der Waals surface area contributed by atoms with Crippen LogP contribution in [0.1, 0.15) is 47.3 Å². The lowest BCUT2D eigenvalue weighted by Crippen LogP contribution is -2.44. The zero-order chi connectivity index (χ0) is 27.2. The number of piperazine rings is 1. The molecular formula is C31H38N2O5. The first kappa shape index (κ1) is 27.6. The van der Waals surface area contributed by atoms with Crippen LogP contribution in [0.2, 0.25) is 0 Å². The summed E-state index contributed by atoms with van der Waals surface area (Å²) in [5.74, 6) is 0.653. The number of nitrogens with zero attached hydrogens (tertiary/aromatic N) is 2. The Hall–Kier alpha value is -3.42. The molecule has 1 aliphatic heterocycles. The Morgan fingerprint density at radius 2 is 1.84 bits per heavy atom. The lowest BCUT2D eigenvalue weighted by Gasteiger charge is -2.32. The van der Waals surface area contributed by atoms with Gasteiger partial charge in [-0.05, 0) is 82.6 Å². The molecule has 0 saturated carbocycles. The fourth-order valence-electron chi connectivity index (χ4n) is 4.68. The molecule has 1 fully saturated rings. The first-order valence-corrected chi connectivity index (χ1v) is 13.3. The molecule has 0 bridgehead atoms. The van der Waals surface area contributed by atoms with E-state index in [9.17, 15) is 14.7 Å². The van der Waals surface area contributed by atoms with Crippen LogP contribution in [0.15, 0.2) is 57.3 Å². The molecule has 0 aliphatic carbocycles. The summed E-state index contributed by atoms with van der Waals surface area (Å²) in [4.78, 5) is 30.6. The van der Waals surface area contributed by atoms with Gasteiger partial charge in [-0.15, -0.1) is 0 Å². The van der Waals surface area contributed by atoms with Crippen molar-refractivity contribution in [2.24, 2.45) is 0 Å². The largest absolute Gasteiger partial charge is 0.508 e. The van der Waals surface area contributed by atoms with E-state index in [1.807, 2.05) is 39.0 Å². The summed E-state index contributed by atoms with van der Waals surface area (Å²) < 4.78 is 11.7. The minimum Gasteiger partial charge on any atom is -0.508 e. The molecule has 0 radical (unpaired) electrons. The van der Waals surface area contributed by atoms with E-state index in [0.29, 0.717) is 41.1 Å². The van der Waals surface area contributed by atoms with Crippen LogP contribution in [0, 0.1) is 6.92 Å². The number of benzene rings is 2. The number of hydrogen-bond acceptors (Lipinski definition) is 7. The monoisotopic (exact) mass is 518 g/mol. The van der Waals surface area contributed by atoms with E-state index in [1.54, 1.807) is 18.2 Å². The number of ether oxygens (including phenoxy) is 1. The number of fused-ring (bicyclic) bond motifs is 1. The SMILES string of the molecule is CC(C)=CCc1cc(C(=O)Cc2cc3ccc(OCCCN4CCN(C)CC4)c(C)c3oc2=O)ccc1O. The minimum atomic E-state index is -0.523. The minimum absolute atomic E-state index is 0.0747. The predicted molar refractivity (Wildman–Crippen MR) is 151 cm³/mol. The standard InChI is InChI=1S/C31H38N2O5/c1-21(2)6-7-23-18-24(8-10-27(23)34)28(35)20-26-19-25-9-11-29(22(3)30(25)38-31(26)36)37-17-5-12-33-15-13-32(4)14-16-33/h6,8-11,18-19,34H,5,7,12-17,20H2,1-4H3. The maximum absolute atomic E-state index is 13.0. The highest BCUT2D eigenvalue weighted by molar-refractivity contribution is 5.98. The zero-order valence-electron chi connectivity index (χ0n) is 22.9. The van der Waals surface area contributed by atoms with Crippen molar-refractivity contribution in [2.75, 3.05) is 46.4 Å². The van der Waals surface area contributed by atoms with E-state index in [0.717, 1.165) is 55.7 Å². The molecule has 1 aliphatic rings. The molecule has 0 unspecified atom stereocenters. The van der Waals surface area contributed by atoms with E-state index < -0.39 is 5.63 Å². The molecule has 0 atom stereocenters. The van der Waals surface area contributed by atoms with Gasteiger partial charge in [0.05, 0.1) is 6.61 Å². The third kappa shape index (κ3) is 6.91. The van der Waals surface area contributed by atoms with E-state index in [1.165, 1.54) is 6.07 Å². The van der Waals surface area contributed by atoms with E-state index in [4.69, 9.17) is 9.15 Å². The van der Waals surface area contributed by atoms with Crippen LogP contribution in [0.3, 0.4) is 0 Å². The number of likely N-dealkylation sites (N-methyl/N-ethyl adjacent to an activating group) is 1. The van der Waals surface area contributed by atoms with Gasteiger partial charge in [0, 0.05) is 61.2 Å². The number of carbonyl (C=O) groups is 1. The number of Topliss-reactive ketones (excluding diaryl/α,β-unsaturated/α-hetero) is 1. The maximum atomic E-state index is 13.0. The number of aryl methyl sites for hydroxylation is 1. The zero-order valence-corrected chi connectivity index (χ0v) is 22.9. The molecule has 2 heterocycles. The first-order valence-electron chi connectivity index (χ1n) is 13.3. The fraction of sp³-hybridized carbons (Fsp3) is 0.419. The quantitative estimate of drug-likeness (QED) is 0.179. The number of ketones is 1. The van der Waals surface area contributed by atoms with Crippen molar-refractivity contribution in [3.8, 4) is 11.5 Å². The van der Waals surface area contributed by atoms with Gasteiger partial charge in [0.15, 0.2) is 5.78 Å². The molecule has 7 nitrogen and oxygen atoms in total. The Balaban J connectivity index is 1.42. The molecule has 38 heavy (non-hydrogen) atoms. The van der Waals surface area contributed by atoms with Crippen molar-refractivity contribution in [3.63, 3.8) is 0 Å². The second-order valence-electron chi connectivity index (χ2n) is 10.4. The van der Waals surface area contributed by atoms with E-state index in [2.05, 4.69) is 16.8 Å². The Morgan fingerprint density at radius 1 is 1.08 bits per heavy atom. The summed E-state index contributed by atoms with van der Waals surface area (Å²) >= 11 is 0. The van der Waals surface area contributed by atoms with E-state index >= 15 is 0 Å². The normalized spacial score (nSPS) is 14.5. The van der Waals surface area contributed by atoms with Crippen LogP contribution in [0.4, 0.5) is 0 Å². The highest BCUT2D eigenvalue weighted by Crippen LogP contribution is 2.28. The Bertz CT molecular complexity index is 1380. The molecule has 1 saturated heterocycles. The fourth-order valence-corrected chi connectivity index (χ4v) is 4.68. The predicted octanol–water partition coefficient (Wildman–Crippen LogP) is 4.76. The Kier molecular flexibility index (Phi) is 9.02. The summed E-state index contributed by atoms with van der Waals surface area (Å²) in [6, 6.07) is 10.3. The number of aromatic hydroxyl groups is 1. The number of carbonyl (C=O) groups excluding carboxylic acids is 1. The molecule has 0 spiro atoms. The number of phenolic OH excluding ortho intramolecular Hbond substituents is 1. The van der Waals surface area contributed by atoms with Crippen LogP contribution in [-0.4, -0.2) is 67.1 Å². The topological polar surface area (TPSA) is 83.2 Å². The summed E-state index contributed by atoms with van der Waals surface area (Å²) in [5, 5.41) is 10.9. The molecule has 2 aromatic carbocycles. The van der Waals surface area contributed by atoms with Crippen LogP contribution in [-0.2, 0) is 12.8 Å². The van der Waals surface area contributed by atoms with Crippen LogP contribution < -0.4 is 10.4 Å². The van der Waals surface area contributed by atoms with Crippen molar-refractivity contribution in [1.82, 2.24) is 9.80 Å². The van der Waals surface area contributed by atoms with Crippen molar-refractivity contribution >= 4 is 16.8 Å². The Labute approximate surface area is 224 Å². The number of hydrogen-bond donors (Lipinski definition) is 1. The van der Waals surface area contributed by atoms with Crippen LogP contribution in [0.5, 0.6) is 11.5 Å². The van der Waals surface area contributed by atoms with Gasteiger partial charge in [-0.2, -0.15) is 0 Å². The number of rotatable bonds is 10. The van der Waals surface area contributed by atoms with Gasteiger partial charge in [0.25, 0.3) is 0 Å². The molecule has 7 heteroatoms. The molecule has 1 aromatic heterocycles. The van der Waals surface area contributed by atoms with Crippen molar-refractivity contribution in [2.45, 2.75) is 40.0 Å². The number of allylic oxidation sites excluding steroid dienone is 2. The van der Waals surface area contributed by atoms with Gasteiger partial charge >= 0.3 is 5.63 Å². The summed E-state index contributed by atoms with van der Waals surface area (Å²) in [6.45, 7) is 11.8. The summed E-state index contributed by atoms with van der Waals surface area (Å²) in [6.07, 6.45) is 3.39. The molecule has 0 amide bonds. The molecule has 3 aromatic rings. The lowest BCUT2D eigenvalue weighted by molar-refractivity contribution is 0.0992. The number of phenols is 1. The lowest BCUT2D eigenvalue weighted by atomic mass is 9.99. The Morgan fingerprint density at radius 3 is 2.58 bits per heavy atom. The third-order valence-corrected chi connectivity index (χ3v) is 7.13. The summed E-state index contributed by atoms with van der Waals surface area (Å²) in [7, 11) is 2.15.